The highest BCUT2D eigenvalue weighted by Gasteiger charge is 2.22. The number of rotatable bonds is 10. The number of anilines is 5. The number of benzene rings is 1. The van der Waals surface area contributed by atoms with Crippen molar-refractivity contribution in [2.75, 3.05) is 56.4 Å². The molecule has 11 heteroatoms. The van der Waals surface area contributed by atoms with Gasteiger partial charge in [0.05, 0.1) is 23.9 Å². The minimum atomic E-state index is -0.483. The molecule has 0 saturated heterocycles. The molecule has 188 valence electrons. The molecule has 0 radical (unpaired) electrons. The average molecular weight is 507 g/mol. The maximum Gasteiger partial charge on any atom is 0.260 e. The number of carbonyl (C=O) groups is 1. The third-order valence-electron chi connectivity index (χ3n) is 6.23. The summed E-state index contributed by atoms with van der Waals surface area (Å²) in [7, 11) is 5.87. The molecule has 0 spiro atoms. The van der Waals surface area contributed by atoms with E-state index < -0.39 is 5.91 Å². The molecular weight excluding hydrogens is 476 g/mol. The molecule has 36 heavy (non-hydrogen) atoms. The van der Waals surface area contributed by atoms with E-state index in [9.17, 15) is 4.79 Å². The van der Waals surface area contributed by atoms with Gasteiger partial charge in [-0.2, -0.15) is 9.97 Å². The van der Waals surface area contributed by atoms with E-state index in [4.69, 9.17) is 15.5 Å². The summed E-state index contributed by atoms with van der Waals surface area (Å²) >= 11 is 1.29. The van der Waals surface area contributed by atoms with Crippen molar-refractivity contribution in [2.45, 2.75) is 12.8 Å². The lowest BCUT2D eigenvalue weighted by atomic mass is 10.1. The largest absolute Gasteiger partial charge is 0.495 e. The summed E-state index contributed by atoms with van der Waals surface area (Å²) < 4.78 is 5.70. The Hall–Kier alpha value is -3.83. The van der Waals surface area contributed by atoms with Crippen molar-refractivity contribution in [2.24, 2.45) is 5.73 Å². The van der Waals surface area contributed by atoms with Crippen molar-refractivity contribution < 1.29 is 9.53 Å². The van der Waals surface area contributed by atoms with E-state index in [-0.39, 0.29) is 0 Å². The molecular formula is C25H30N8O2S. The fourth-order valence-corrected chi connectivity index (χ4v) is 5.20. The summed E-state index contributed by atoms with van der Waals surface area (Å²) in [5, 5.41) is 9.23. The van der Waals surface area contributed by atoms with Gasteiger partial charge in [0.25, 0.3) is 5.91 Å². The number of H-pyrrole nitrogens is 1. The highest BCUT2D eigenvalue weighted by molar-refractivity contribution is 7.12. The number of nitrogens with zero attached hydrogens (tertiary/aromatic N) is 4. The maximum absolute atomic E-state index is 11.8. The Labute approximate surface area is 213 Å². The van der Waals surface area contributed by atoms with Crippen molar-refractivity contribution in [3.05, 3.63) is 46.3 Å². The molecule has 1 amide bonds. The van der Waals surface area contributed by atoms with E-state index in [1.54, 1.807) is 13.3 Å². The number of primary amides is 1. The number of nitrogens with two attached hydrogens (primary N) is 1. The van der Waals surface area contributed by atoms with Crippen LogP contribution in [0.4, 0.5) is 28.8 Å². The van der Waals surface area contributed by atoms with Crippen LogP contribution in [0.2, 0.25) is 0 Å². The first kappa shape index (κ1) is 23.9. The van der Waals surface area contributed by atoms with Crippen LogP contribution in [0.5, 0.6) is 5.75 Å². The molecule has 3 aromatic heterocycles. The molecule has 0 aliphatic carbocycles. The van der Waals surface area contributed by atoms with Gasteiger partial charge in [-0.25, -0.2) is 0 Å². The second-order valence-electron chi connectivity index (χ2n) is 8.99. The molecule has 0 saturated carbocycles. The Balaban J connectivity index is 1.45. The summed E-state index contributed by atoms with van der Waals surface area (Å²) in [5.41, 5.74) is 10.1. The summed E-state index contributed by atoms with van der Waals surface area (Å²) in [6.07, 6.45) is 3.90. The fourth-order valence-electron chi connectivity index (χ4n) is 4.50. The second kappa shape index (κ2) is 10.0. The predicted molar refractivity (Wildman–Crippen MR) is 145 cm³/mol. The fraction of sp³-hybridized carbons (Fsp3) is 0.320. The highest BCUT2D eigenvalue weighted by Crippen LogP contribution is 2.39. The first-order valence-electron chi connectivity index (χ1n) is 11.8. The molecule has 5 N–H and O–H groups in total. The zero-order valence-corrected chi connectivity index (χ0v) is 21.4. The topological polar surface area (TPSA) is 124 Å². The Bertz CT molecular complexity index is 1400. The number of ether oxygens (including phenoxy) is 1. The number of carbonyl (C=O) groups excluding carboxylic acids is 1. The van der Waals surface area contributed by atoms with Gasteiger partial charge >= 0.3 is 0 Å². The van der Waals surface area contributed by atoms with Crippen molar-refractivity contribution in [3.63, 3.8) is 0 Å². The molecule has 5 rings (SSSR count). The molecule has 0 fully saturated rings. The van der Waals surface area contributed by atoms with Crippen LogP contribution in [-0.2, 0) is 6.42 Å². The second-order valence-corrected chi connectivity index (χ2v) is 9.90. The van der Waals surface area contributed by atoms with Crippen molar-refractivity contribution in [3.8, 4) is 5.75 Å². The van der Waals surface area contributed by atoms with Gasteiger partial charge < -0.3 is 35.9 Å². The van der Waals surface area contributed by atoms with E-state index >= 15 is 0 Å². The molecule has 4 aromatic rings. The molecule has 1 aliphatic heterocycles. The number of hydrogen-bond donors (Lipinski definition) is 4. The highest BCUT2D eigenvalue weighted by atomic mass is 32.1. The van der Waals surface area contributed by atoms with Gasteiger partial charge in [0.2, 0.25) is 5.95 Å². The predicted octanol–water partition coefficient (Wildman–Crippen LogP) is 3.93. The third-order valence-corrected chi connectivity index (χ3v) is 7.16. The van der Waals surface area contributed by atoms with Gasteiger partial charge in [-0.05, 0) is 68.7 Å². The lowest BCUT2D eigenvalue weighted by Crippen LogP contribution is -2.25. The third kappa shape index (κ3) is 4.79. The van der Waals surface area contributed by atoms with E-state index in [0.717, 1.165) is 49.3 Å². The van der Waals surface area contributed by atoms with Crippen molar-refractivity contribution in [1.29, 1.82) is 0 Å². The smallest absolute Gasteiger partial charge is 0.260 e. The van der Waals surface area contributed by atoms with Gasteiger partial charge in [0.1, 0.15) is 22.1 Å². The molecule has 0 atom stereocenters. The zero-order valence-electron chi connectivity index (χ0n) is 20.6. The van der Waals surface area contributed by atoms with Crippen molar-refractivity contribution >= 4 is 57.1 Å². The monoisotopic (exact) mass is 506 g/mol. The van der Waals surface area contributed by atoms with Crippen LogP contribution >= 0.6 is 11.3 Å². The van der Waals surface area contributed by atoms with Crippen LogP contribution in [-0.4, -0.2) is 66.6 Å². The Morgan fingerprint density at radius 2 is 2.11 bits per heavy atom. The number of amides is 1. The Morgan fingerprint density at radius 3 is 2.89 bits per heavy atom. The van der Waals surface area contributed by atoms with Crippen LogP contribution in [0, 0.1) is 0 Å². The van der Waals surface area contributed by atoms with Crippen LogP contribution in [0.1, 0.15) is 21.7 Å². The number of thiophene rings is 1. The lowest BCUT2D eigenvalue weighted by molar-refractivity contribution is 0.100. The molecule has 0 unspecified atom stereocenters. The lowest BCUT2D eigenvalue weighted by Gasteiger charge is -2.22. The van der Waals surface area contributed by atoms with Crippen molar-refractivity contribution in [1.82, 2.24) is 19.9 Å². The van der Waals surface area contributed by atoms with Crippen LogP contribution < -0.4 is 26.0 Å². The molecule has 4 heterocycles. The summed E-state index contributed by atoms with van der Waals surface area (Å²) in [5.74, 6) is 1.22. The number of fused-ring (bicyclic) bond motifs is 2. The molecule has 0 bridgehead atoms. The Morgan fingerprint density at radius 1 is 1.25 bits per heavy atom. The molecule has 10 nitrogen and oxygen atoms in total. The summed E-state index contributed by atoms with van der Waals surface area (Å²) in [4.78, 5) is 29.4. The SMILES string of the molecule is COc1cc2c(cc1Nc1nc(Nc3ccsc3C(N)=O)c3cc[nH]c3n1)N(CCCN(C)C)CC2. The average Bonchev–Trinajstić information content (AvgIpc) is 3.58. The van der Waals surface area contributed by atoms with E-state index in [1.807, 2.05) is 17.5 Å². The van der Waals surface area contributed by atoms with E-state index in [1.165, 1.54) is 22.6 Å². The van der Waals surface area contributed by atoms with Crippen LogP contribution in [0.15, 0.2) is 35.8 Å². The van der Waals surface area contributed by atoms with Gasteiger partial charge in [-0.3, -0.25) is 4.79 Å². The number of aromatic amines is 1. The minimum Gasteiger partial charge on any atom is -0.495 e. The van der Waals surface area contributed by atoms with E-state index in [0.29, 0.717) is 28.0 Å². The first-order valence-corrected chi connectivity index (χ1v) is 12.7. The maximum atomic E-state index is 11.8. The normalized spacial score (nSPS) is 12.8. The quantitative estimate of drug-likeness (QED) is 0.255. The van der Waals surface area contributed by atoms with Gasteiger partial charge in [0.15, 0.2) is 0 Å². The minimum absolute atomic E-state index is 0.402. The number of nitrogens with one attached hydrogen (secondary N) is 3. The summed E-state index contributed by atoms with van der Waals surface area (Å²) in [6.45, 7) is 3.05. The number of aromatic nitrogens is 3. The number of methoxy groups -OCH3 is 1. The van der Waals surface area contributed by atoms with E-state index in [2.05, 4.69) is 56.6 Å². The first-order chi connectivity index (χ1) is 17.4. The van der Waals surface area contributed by atoms with Gasteiger partial charge in [-0.1, -0.05) is 0 Å². The van der Waals surface area contributed by atoms with Crippen LogP contribution in [0.3, 0.4) is 0 Å². The Kier molecular flexibility index (Phi) is 6.66. The van der Waals surface area contributed by atoms with Crippen LogP contribution in [0.25, 0.3) is 11.0 Å². The molecule has 1 aromatic carbocycles. The zero-order chi connectivity index (χ0) is 25.2. The standard InChI is InChI=1S/C25H30N8O2S/c1-32(2)9-4-10-33-11-6-15-13-20(35-3)18(14-19(15)33)29-25-30-23-16(5-8-27-23)24(31-25)28-17-7-12-36-21(17)22(26)34/h5,7-8,12-14H,4,6,9-11H2,1-3H3,(H2,26,34)(H3,27,28,29,30,31). The van der Waals surface area contributed by atoms with Gasteiger partial charge in [0, 0.05) is 25.0 Å². The molecule has 1 aliphatic rings. The number of hydrogen-bond acceptors (Lipinski definition) is 9. The van der Waals surface area contributed by atoms with Gasteiger partial charge in [-0.15, -0.1) is 11.3 Å². The summed E-state index contributed by atoms with van der Waals surface area (Å²) in [6, 6.07) is 7.92.